The Hall–Kier alpha value is -1.14. The van der Waals surface area contributed by atoms with Crippen LogP contribution < -0.4 is 0 Å². The summed E-state index contributed by atoms with van der Waals surface area (Å²) in [5, 5.41) is 9.21. The second kappa shape index (κ2) is 5.46. The summed E-state index contributed by atoms with van der Waals surface area (Å²) in [7, 11) is 0. The Labute approximate surface area is 113 Å². The molecule has 1 unspecified atom stereocenters. The lowest BCUT2D eigenvalue weighted by molar-refractivity contribution is -0.164. The van der Waals surface area contributed by atoms with Crippen molar-refractivity contribution >= 4 is 11.9 Å². The van der Waals surface area contributed by atoms with Crippen LogP contribution in [0.5, 0.6) is 0 Å². The zero-order valence-electron chi connectivity index (χ0n) is 11.6. The van der Waals surface area contributed by atoms with Crippen molar-refractivity contribution in [3.8, 4) is 0 Å². The molecule has 108 valence electrons. The fourth-order valence-corrected chi connectivity index (χ4v) is 2.69. The number of carbonyl (C=O) groups excluding carboxylic acids is 1. The summed E-state index contributed by atoms with van der Waals surface area (Å²) >= 11 is 0. The summed E-state index contributed by atoms with van der Waals surface area (Å²) in [5.74, 6) is -0.897. The van der Waals surface area contributed by atoms with E-state index >= 15 is 0 Å². The van der Waals surface area contributed by atoms with Gasteiger partial charge in [-0.1, -0.05) is 0 Å². The summed E-state index contributed by atoms with van der Waals surface area (Å²) in [6.07, 6.45) is 2.09. The van der Waals surface area contributed by atoms with Crippen molar-refractivity contribution in [2.24, 2.45) is 0 Å². The summed E-state index contributed by atoms with van der Waals surface area (Å²) in [6.45, 7) is 6.19. The molecule has 6 heteroatoms. The van der Waals surface area contributed by atoms with E-state index in [0.717, 1.165) is 25.9 Å². The van der Waals surface area contributed by atoms with Crippen LogP contribution in [0, 0.1) is 0 Å². The highest BCUT2D eigenvalue weighted by atomic mass is 16.5. The number of ether oxygens (including phenoxy) is 1. The number of likely N-dealkylation sites (tertiary alicyclic amines) is 1. The van der Waals surface area contributed by atoms with E-state index in [2.05, 4.69) is 0 Å². The number of nitrogens with zero attached hydrogens (tertiary/aromatic N) is 2. The van der Waals surface area contributed by atoms with E-state index in [-0.39, 0.29) is 19.1 Å². The molecule has 0 aromatic carbocycles. The first-order valence-corrected chi connectivity index (χ1v) is 6.78. The molecule has 0 aromatic heterocycles. The lowest BCUT2D eigenvalue weighted by Gasteiger charge is -2.41. The van der Waals surface area contributed by atoms with Gasteiger partial charge in [-0.2, -0.15) is 0 Å². The van der Waals surface area contributed by atoms with Crippen molar-refractivity contribution in [2.45, 2.75) is 38.3 Å². The first kappa shape index (κ1) is 14.3. The second-order valence-corrected chi connectivity index (χ2v) is 5.92. The second-order valence-electron chi connectivity index (χ2n) is 5.92. The Morgan fingerprint density at radius 2 is 1.95 bits per heavy atom. The third-order valence-electron chi connectivity index (χ3n) is 3.74. The van der Waals surface area contributed by atoms with E-state index in [1.54, 1.807) is 4.90 Å². The average molecular weight is 270 g/mol. The molecule has 0 aliphatic carbocycles. The highest BCUT2D eigenvalue weighted by Crippen LogP contribution is 2.21. The van der Waals surface area contributed by atoms with E-state index in [0.29, 0.717) is 6.54 Å². The molecular weight excluding hydrogens is 248 g/mol. The van der Waals surface area contributed by atoms with Crippen LogP contribution in [0.25, 0.3) is 0 Å². The van der Waals surface area contributed by atoms with Crippen molar-refractivity contribution in [1.29, 1.82) is 0 Å². The highest BCUT2D eigenvalue weighted by Gasteiger charge is 2.39. The van der Waals surface area contributed by atoms with E-state index in [1.807, 2.05) is 18.7 Å². The van der Waals surface area contributed by atoms with Crippen molar-refractivity contribution in [3.63, 3.8) is 0 Å². The zero-order chi connectivity index (χ0) is 14.0. The van der Waals surface area contributed by atoms with E-state index < -0.39 is 17.6 Å². The predicted molar refractivity (Wildman–Crippen MR) is 68.8 cm³/mol. The number of carboxylic acid groups (broad SMARTS) is 1. The van der Waals surface area contributed by atoms with Gasteiger partial charge in [-0.3, -0.25) is 14.5 Å². The minimum Gasteiger partial charge on any atom is -0.480 e. The molecule has 1 amide bonds. The van der Waals surface area contributed by atoms with Crippen LogP contribution in [-0.2, 0) is 14.3 Å². The molecule has 0 aromatic rings. The quantitative estimate of drug-likeness (QED) is 0.792. The van der Waals surface area contributed by atoms with Crippen LogP contribution >= 0.6 is 0 Å². The standard InChI is InChI=1S/C13H22N2O4/c1-13(2)9-15(10(8-19-13)12(17)18)7-11(16)14-5-3-4-6-14/h10H,3-9H2,1-2H3,(H,17,18). The van der Waals surface area contributed by atoms with Gasteiger partial charge in [0, 0.05) is 19.6 Å². The Bertz CT molecular complexity index is 364. The maximum absolute atomic E-state index is 12.1. The Kier molecular flexibility index (Phi) is 4.10. The predicted octanol–water partition coefficient (Wildman–Crippen LogP) is 0.173. The van der Waals surface area contributed by atoms with Crippen molar-refractivity contribution in [2.75, 3.05) is 32.8 Å². The number of hydrogen-bond acceptors (Lipinski definition) is 4. The molecule has 2 fully saturated rings. The smallest absolute Gasteiger partial charge is 0.323 e. The molecule has 0 spiro atoms. The maximum atomic E-state index is 12.1. The first-order chi connectivity index (χ1) is 8.89. The van der Waals surface area contributed by atoms with Crippen LogP contribution in [-0.4, -0.2) is 71.2 Å². The largest absolute Gasteiger partial charge is 0.480 e. The third-order valence-corrected chi connectivity index (χ3v) is 3.74. The van der Waals surface area contributed by atoms with E-state index in [4.69, 9.17) is 4.74 Å². The first-order valence-electron chi connectivity index (χ1n) is 6.78. The van der Waals surface area contributed by atoms with Gasteiger partial charge >= 0.3 is 5.97 Å². The number of carboxylic acids is 1. The average Bonchev–Trinajstić information content (AvgIpc) is 2.80. The monoisotopic (exact) mass is 270 g/mol. The topological polar surface area (TPSA) is 70.1 Å². The summed E-state index contributed by atoms with van der Waals surface area (Å²) < 4.78 is 5.53. The lowest BCUT2D eigenvalue weighted by Crippen LogP contribution is -2.59. The van der Waals surface area contributed by atoms with Gasteiger partial charge in [-0.25, -0.2) is 0 Å². The van der Waals surface area contributed by atoms with Crippen molar-refractivity contribution < 1.29 is 19.4 Å². The Morgan fingerprint density at radius 1 is 1.32 bits per heavy atom. The zero-order valence-corrected chi connectivity index (χ0v) is 11.6. The van der Waals surface area contributed by atoms with Gasteiger partial charge in [-0.05, 0) is 26.7 Å². The summed E-state index contributed by atoms with van der Waals surface area (Å²) in [6, 6.07) is -0.723. The van der Waals surface area contributed by atoms with Gasteiger partial charge in [0.05, 0.1) is 18.8 Å². The normalized spacial score (nSPS) is 27.5. The third kappa shape index (κ3) is 3.45. The number of morpholine rings is 1. The summed E-state index contributed by atoms with van der Waals surface area (Å²) in [4.78, 5) is 26.9. The minimum atomic E-state index is -0.926. The van der Waals surface area contributed by atoms with Crippen molar-refractivity contribution in [3.05, 3.63) is 0 Å². The van der Waals surface area contributed by atoms with Gasteiger partial charge < -0.3 is 14.7 Å². The molecule has 1 N–H and O–H groups in total. The molecule has 2 rings (SSSR count). The number of hydrogen-bond donors (Lipinski definition) is 1. The molecule has 2 heterocycles. The Morgan fingerprint density at radius 3 is 2.53 bits per heavy atom. The number of amides is 1. The molecule has 0 saturated carbocycles. The molecule has 2 aliphatic heterocycles. The van der Waals surface area contributed by atoms with Crippen LogP contribution in [0.4, 0.5) is 0 Å². The Balaban J connectivity index is 2.00. The van der Waals surface area contributed by atoms with Crippen molar-refractivity contribution in [1.82, 2.24) is 9.80 Å². The molecule has 2 aliphatic rings. The van der Waals surface area contributed by atoms with Gasteiger partial charge in [0.2, 0.25) is 5.91 Å². The summed E-state index contributed by atoms with van der Waals surface area (Å²) in [5.41, 5.74) is -0.406. The lowest BCUT2D eigenvalue weighted by atomic mass is 10.0. The molecule has 6 nitrogen and oxygen atoms in total. The number of rotatable bonds is 3. The molecule has 1 atom stereocenters. The van der Waals surface area contributed by atoms with Crippen LogP contribution in [0.2, 0.25) is 0 Å². The molecule has 2 saturated heterocycles. The van der Waals surface area contributed by atoms with Gasteiger partial charge in [-0.15, -0.1) is 0 Å². The van der Waals surface area contributed by atoms with E-state index in [1.165, 1.54) is 0 Å². The van der Waals surface area contributed by atoms with Gasteiger partial charge in [0.15, 0.2) is 0 Å². The SMILES string of the molecule is CC1(C)CN(CC(=O)N2CCCC2)C(C(=O)O)CO1. The van der Waals surface area contributed by atoms with Gasteiger partial charge in [0.25, 0.3) is 0 Å². The van der Waals surface area contributed by atoms with Crippen LogP contribution in [0.15, 0.2) is 0 Å². The van der Waals surface area contributed by atoms with Crippen LogP contribution in [0.3, 0.4) is 0 Å². The number of aliphatic carboxylic acids is 1. The fraction of sp³-hybridized carbons (Fsp3) is 0.846. The molecule has 19 heavy (non-hydrogen) atoms. The molecular formula is C13H22N2O4. The highest BCUT2D eigenvalue weighted by molar-refractivity contribution is 5.80. The number of carbonyl (C=O) groups is 2. The van der Waals surface area contributed by atoms with E-state index in [9.17, 15) is 14.7 Å². The fourth-order valence-electron chi connectivity index (χ4n) is 2.69. The van der Waals surface area contributed by atoms with Gasteiger partial charge in [0.1, 0.15) is 6.04 Å². The van der Waals surface area contributed by atoms with Crippen LogP contribution in [0.1, 0.15) is 26.7 Å². The molecule has 0 radical (unpaired) electrons. The molecule has 0 bridgehead atoms. The minimum absolute atomic E-state index is 0.0291. The maximum Gasteiger partial charge on any atom is 0.323 e.